The topological polar surface area (TPSA) is 56.6 Å². The summed E-state index contributed by atoms with van der Waals surface area (Å²) in [5.74, 6) is -0.164. The van der Waals surface area contributed by atoms with Crippen LogP contribution in [0.5, 0.6) is 0 Å². The summed E-state index contributed by atoms with van der Waals surface area (Å²) in [7, 11) is 1.42. The summed E-state index contributed by atoms with van der Waals surface area (Å²) >= 11 is 0. The molecule has 0 bridgehead atoms. The van der Waals surface area contributed by atoms with Gasteiger partial charge in [0.25, 0.3) is 0 Å². The molecule has 1 fully saturated rings. The second-order valence-corrected chi connectivity index (χ2v) is 5.24. The van der Waals surface area contributed by atoms with Gasteiger partial charge in [0.15, 0.2) is 0 Å². The standard InChI is InChI=1S/C16H21N3O2/c1-13-4-3-5-14(12-17)16(13)19-10-8-18(9-11-19)7-6-15(20)21-2/h3-5H,6-11H2,1-2H3. The van der Waals surface area contributed by atoms with Crippen molar-refractivity contribution in [2.75, 3.05) is 44.7 Å². The summed E-state index contributed by atoms with van der Waals surface area (Å²) in [6.07, 6.45) is 0.435. The summed E-state index contributed by atoms with van der Waals surface area (Å²) < 4.78 is 4.67. The van der Waals surface area contributed by atoms with E-state index in [0.29, 0.717) is 6.42 Å². The van der Waals surface area contributed by atoms with E-state index in [0.717, 1.165) is 49.5 Å². The number of benzene rings is 1. The SMILES string of the molecule is COC(=O)CCN1CCN(c2c(C)cccc2C#N)CC1. The van der Waals surface area contributed by atoms with E-state index in [1.54, 1.807) is 0 Å². The highest BCUT2D eigenvalue weighted by atomic mass is 16.5. The molecule has 0 N–H and O–H groups in total. The van der Waals surface area contributed by atoms with Gasteiger partial charge < -0.3 is 9.64 Å². The Morgan fingerprint density at radius 3 is 2.67 bits per heavy atom. The molecule has 1 saturated heterocycles. The molecule has 0 amide bonds. The fourth-order valence-electron chi connectivity index (χ4n) is 2.72. The van der Waals surface area contributed by atoms with E-state index in [9.17, 15) is 10.1 Å². The lowest BCUT2D eigenvalue weighted by Crippen LogP contribution is -2.47. The molecule has 0 atom stereocenters. The van der Waals surface area contributed by atoms with Gasteiger partial charge in [-0.1, -0.05) is 12.1 Å². The van der Waals surface area contributed by atoms with Crippen LogP contribution in [0.4, 0.5) is 5.69 Å². The van der Waals surface area contributed by atoms with Crippen LogP contribution in [0.15, 0.2) is 18.2 Å². The van der Waals surface area contributed by atoms with Crippen molar-refractivity contribution < 1.29 is 9.53 Å². The number of hydrogen-bond acceptors (Lipinski definition) is 5. The minimum Gasteiger partial charge on any atom is -0.469 e. The molecule has 1 aliphatic rings. The normalized spacial score (nSPS) is 15.6. The second-order valence-electron chi connectivity index (χ2n) is 5.24. The minimum atomic E-state index is -0.164. The molecule has 1 aromatic rings. The smallest absolute Gasteiger partial charge is 0.306 e. The maximum Gasteiger partial charge on any atom is 0.306 e. The molecule has 21 heavy (non-hydrogen) atoms. The van der Waals surface area contributed by atoms with E-state index in [4.69, 9.17) is 0 Å². The van der Waals surface area contributed by atoms with Gasteiger partial charge >= 0.3 is 5.97 Å². The van der Waals surface area contributed by atoms with Crippen LogP contribution in [0.3, 0.4) is 0 Å². The highest BCUT2D eigenvalue weighted by Gasteiger charge is 2.20. The molecule has 1 aromatic carbocycles. The zero-order chi connectivity index (χ0) is 15.2. The summed E-state index contributed by atoms with van der Waals surface area (Å²) in [6, 6.07) is 8.11. The van der Waals surface area contributed by atoms with Crippen molar-refractivity contribution in [3.05, 3.63) is 29.3 Å². The lowest BCUT2D eigenvalue weighted by molar-refractivity contribution is -0.141. The Morgan fingerprint density at radius 2 is 2.05 bits per heavy atom. The fourth-order valence-corrected chi connectivity index (χ4v) is 2.72. The van der Waals surface area contributed by atoms with Gasteiger partial charge in [-0.25, -0.2) is 0 Å². The van der Waals surface area contributed by atoms with Crippen molar-refractivity contribution in [1.29, 1.82) is 5.26 Å². The van der Waals surface area contributed by atoms with Gasteiger partial charge in [0.05, 0.1) is 24.8 Å². The zero-order valence-electron chi connectivity index (χ0n) is 12.6. The Hall–Kier alpha value is -2.06. The molecule has 0 unspecified atom stereocenters. The molecule has 0 aliphatic carbocycles. The number of nitrogens with zero attached hydrogens (tertiary/aromatic N) is 3. The van der Waals surface area contributed by atoms with Gasteiger partial charge in [-0.15, -0.1) is 0 Å². The molecule has 0 radical (unpaired) electrons. The number of esters is 1. The summed E-state index contributed by atoms with van der Waals surface area (Å²) in [5.41, 5.74) is 2.92. The van der Waals surface area contributed by atoms with E-state index in [2.05, 4.69) is 20.6 Å². The van der Waals surface area contributed by atoms with E-state index in [1.807, 2.05) is 25.1 Å². The van der Waals surface area contributed by atoms with Crippen LogP contribution in [0.1, 0.15) is 17.5 Å². The molecule has 1 heterocycles. The highest BCUT2D eigenvalue weighted by Crippen LogP contribution is 2.25. The van der Waals surface area contributed by atoms with Crippen molar-refractivity contribution in [1.82, 2.24) is 4.90 Å². The average molecular weight is 287 g/mol. The van der Waals surface area contributed by atoms with Crippen molar-refractivity contribution in [3.63, 3.8) is 0 Å². The fraction of sp³-hybridized carbons (Fsp3) is 0.500. The number of aryl methyl sites for hydroxylation is 1. The van der Waals surface area contributed by atoms with Crippen LogP contribution >= 0.6 is 0 Å². The van der Waals surface area contributed by atoms with Gasteiger partial charge in [0, 0.05) is 32.7 Å². The molecule has 5 heteroatoms. The first-order chi connectivity index (χ1) is 10.2. The van der Waals surface area contributed by atoms with Gasteiger partial charge in [-0.05, 0) is 18.6 Å². The van der Waals surface area contributed by atoms with Crippen LogP contribution in [0, 0.1) is 18.3 Å². The number of anilines is 1. The molecule has 0 spiro atoms. The first-order valence-corrected chi connectivity index (χ1v) is 7.19. The molecule has 112 valence electrons. The van der Waals surface area contributed by atoms with Crippen molar-refractivity contribution >= 4 is 11.7 Å². The Bertz CT molecular complexity index is 543. The number of ether oxygens (including phenoxy) is 1. The first kappa shape index (κ1) is 15.3. The lowest BCUT2D eigenvalue weighted by Gasteiger charge is -2.37. The maximum absolute atomic E-state index is 11.2. The molecule has 0 aromatic heterocycles. The number of methoxy groups -OCH3 is 1. The van der Waals surface area contributed by atoms with Gasteiger partial charge in [0.2, 0.25) is 0 Å². The number of nitriles is 1. The molecular formula is C16H21N3O2. The van der Waals surface area contributed by atoms with E-state index >= 15 is 0 Å². The van der Waals surface area contributed by atoms with E-state index in [1.165, 1.54) is 7.11 Å². The second kappa shape index (κ2) is 7.09. The van der Waals surface area contributed by atoms with Gasteiger partial charge in [0.1, 0.15) is 6.07 Å². The zero-order valence-corrected chi connectivity index (χ0v) is 12.6. The quantitative estimate of drug-likeness (QED) is 0.786. The van der Waals surface area contributed by atoms with Crippen LogP contribution in [-0.4, -0.2) is 50.7 Å². The highest BCUT2D eigenvalue weighted by molar-refractivity contribution is 5.69. The molecule has 5 nitrogen and oxygen atoms in total. The Morgan fingerprint density at radius 1 is 1.33 bits per heavy atom. The number of carbonyl (C=O) groups excluding carboxylic acids is 1. The summed E-state index contributed by atoms with van der Waals surface area (Å²) in [6.45, 7) is 6.33. The predicted octanol–water partition coefficient (Wildman–Crippen LogP) is 1.55. The predicted molar refractivity (Wildman–Crippen MR) is 81.2 cm³/mol. The molecule has 1 aliphatic heterocycles. The Balaban J connectivity index is 1.96. The summed E-state index contributed by atoms with van der Waals surface area (Å²) in [5, 5.41) is 9.26. The third-order valence-corrected chi connectivity index (χ3v) is 3.91. The van der Waals surface area contributed by atoms with Crippen molar-refractivity contribution in [3.8, 4) is 6.07 Å². The number of para-hydroxylation sites is 1. The van der Waals surface area contributed by atoms with E-state index in [-0.39, 0.29) is 5.97 Å². The number of carbonyl (C=O) groups is 1. The molecule has 0 saturated carbocycles. The molecular weight excluding hydrogens is 266 g/mol. The van der Waals surface area contributed by atoms with Crippen LogP contribution in [0.2, 0.25) is 0 Å². The summed E-state index contributed by atoms with van der Waals surface area (Å²) in [4.78, 5) is 15.7. The first-order valence-electron chi connectivity index (χ1n) is 7.19. The maximum atomic E-state index is 11.2. The number of hydrogen-bond donors (Lipinski definition) is 0. The number of rotatable bonds is 4. The monoisotopic (exact) mass is 287 g/mol. The van der Waals surface area contributed by atoms with Crippen molar-refractivity contribution in [2.45, 2.75) is 13.3 Å². The van der Waals surface area contributed by atoms with Crippen molar-refractivity contribution in [2.24, 2.45) is 0 Å². The Labute approximate surface area is 125 Å². The van der Waals surface area contributed by atoms with E-state index < -0.39 is 0 Å². The van der Waals surface area contributed by atoms with Gasteiger partial charge in [-0.2, -0.15) is 5.26 Å². The minimum absolute atomic E-state index is 0.164. The lowest BCUT2D eigenvalue weighted by atomic mass is 10.1. The third kappa shape index (κ3) is 3.73. The Kier molecular flexibility index (Phi) is 5.18. The van der Waals surface area contributed by atoms with Crippen LogP contribution in [0.25, 0.3) is 0 Å². The van der Waals surface area contributed by atoms with Gasteiger partial charge in [-0.3, -0.25) is 9.69 Å². The molecule has 2 rings (SSSR count). The number of piperazine rings is 1. The van der Waals surface area contributed by atoms with Crippen LogP contribution in [-0.2, 0) is 9.53 Å². The average Bonchev–Trinajstić information content (AvgIpc) is 2.52. The third-order valence-electron chi connectivity index (χ3n) is 3.91. The van der Waals surface area contributed by atoms with Crippen LogP contribution < -0.4 is 4.90 Å². The largest absolute Gasteiger partial charge is 0.469 e.